The molecule has 0 amide bonds. The number of methoxy groups -OCH3 is 1. The molecule has 0 spiro atoms. The van der Waals surface area contributed by atoms with Crippen LogP contribution in [-0.2, 0) is 0 Å². The molecule has 2 aromatic rings. The first kappa shape index (κ1) is 10.8. The van der Waals surface area contributed by atoms with Gasteiger partial charge in [0.2, 0.25) is 0 Å². The van der Waals surface area contributed by atoms with Gasteiger partial charge in [-0.15, -0.1) is 0 Å². The summed E-state index contributed by atoms with van der Waals surface area (Å²) >= 11 is 2.47. The number of aliphatic imine (C=N–C) groups is 1. The fraction of sp³-hybridized carbons (Fsp3) is 0.0909. The molecule has 0 saturated heterocycles. The number of benzene rings is 1. The van der Waals surface area contributed by atoms with Gasteiger partial charge in [-0.05, 0) is 0 Å². The van der Waals surface area contributed by atoms with E-state index in [2.05, 4.69) is 25.3 Å². The number of hydrogen-bond acceptors (Lipinski definition) is 4. The molecule has 0 aliphatic rings. The minimum absolute atomic E-state index is 0.188. The van der Waals surface area contributed by atoms with Crippen LogP contribution >= 0.6 is 0 Å². The molecule has 16 heavy (non-hydrogen) atoms. The molecule has 0 N–H and O–H groups in total. The molecule has 4 nitrogen and oxygen atoms in total. The second kappa shape index (κ2) is 4.45. The average Bonchev–Trinajstić information content (AvgIpc) is 2.32. The van der Waals surface area contributed by atoms with Crippen LogP contribution in [0.3, 0.4) is 0 Å². The normalized spacial score (nSPS) is 9.81. The summed E-state index contributed by atoms with van der Waals surface area (Å²) in [5.74, 6) is 0.641. The van der Waals surface area contributed by atoms with Gasteiger partial charge in [0, 0.05) is 0 Å². The first-order valence-electron chi connectivity index (χ1n) is 4.43. The molecule has 0 unspecified atom stereocenters. The van der Waals surface area contributed by atoms with Crippen molar-refractivity contribution in [3.8, 4) is 5.75 Å². The van der Waals surface area contributed by atoms with Gasteiger partial charge in [0.1, 0.15) is 0 Å². The van der Waals surface area contributed by atoms with E-state index in [1.54, 1.807) is 25.3 Å². The fourth-order valence-electron chi connectivity index (χ4n) is 1.35. The van der Waals surface area contributed by atoms with Crippen molar-refractivity contribution in [3.63, 3.8) is 0 Å². The van der Waals surface area contributed by atoms with Gasteiger partial charge in [-0.25, -0.2) is 0 Å². The Morgan fingerprint density at radius 1 is 1.50 bits per heavy atom. The van der Waals surface area contributed by atoms with Crippen LogP contribution in [0, 0.1) is 0 Å². The van der Waals surface area contributed by atoms with E-state index in [1.807, 2.05) is 0 Å². The van der Waals surface area contributed by atoms with Gasteiger partial charge < -0.3 is 0 Å². The van der Waals surface area contributed by atoms with E-state index in [-0.39, 0.29) is 11.1 Å². The van der Waals surface area contributed by atoms with Crippen molar-refractivity contribution >= 4 is 36.9 Å². The van der Waals surface area contributed by atoms with Crippen LogP contribution in [0.4, 0.5) is 5.69 Å². The molecule has 1 aromatic carbocycles. The van der Waals surface area contributed by atoms with Gasteiger partial charge in [0.15, 0.2) is 0 Å². The zero-order valence-corrected chi connectivity index (χ0v) is 10.1. The standard InChI is InChI=1S/C11H7NO3Se/c1-14-7-2-3-8-10(4-7)15-5-9(11(8)13)12-6-16/h2-5H,1H3. The quantitative estimate of drug-likeness (QED) is 0.619. The summed E-state index contributed by atoms with van der Waals surface area (Å²) in [6, 6.07) is 5.01. The Kier molecular flexibility index (Phi) is 3.02. The third-order valence-electron chi connectivity index (χ3n) is 2.13. The van der Waals surface area contributed by atoms with E-state index >= 15 is 0 Å². The summed E-state index contributed by atoms with van der Waals surface area (Å²) in [4.78, 5) is 15.6. The molecular formula is C11H7NO3Se. The van der Waals surface area contributed by atoms with Crippen molar-refractivity contribution in [2.45, 2.75) is 0 Å². The van der Waals surface area contributed by atoms with Gasteiger partial charge in [0.25, 0.3) is 0 Å². The third kappa shape index (κ3) is 1.84. The maximum absolute atomic E-state index is 11.9. The van der Waals surface area contributed by atoms with Crippen molar-refractivity contribution in [3.05, 3.63) is 34.7 Å². The van der Waals surface area contributed by atoms with E-state index < -0.39 is 0 Å². The Hall–Kier alpha value is -1.67. The Bertz CT molecular complexity index is 641. The van der Waals surface area contributed by atoms with E-state index in [1.165, 1.54) is 6.26 Å². The Morgan fingerprint density at radius 2 is 2.31 bits per heavy atom. The van der Waals surface area contributed by atoms with E-state index in [0.717, 1.165) is 0 Å². The molecule has 1 heterocycles. The van der Waals surface area contributed by atoms with Crippen molar-refractivity contribution in [2.24, 2.45) is 4.99 Å². The van der Waals surface area contributed by atoms with Crippen LogP contribution in [0.5, 0.6) is 5.75 Å². The summed E-state index contributed by atoms with van der Waals surface area (Å²) in [6.07, 6.45) is 1.30. The zero-order valence-electron chi connectivity index (χ0n) is 8.39. The SMILES string of the molecule is COc1ccc2c(=O)c(N=C=[Se])coc2c1. The van der Waals surface area contributed by atoms with Gasteiger partial charge in [-0.3, -0.25) is 0 Å². The molecule has 0 aliphatic heterocycles. The Balaban J connectivity index is 2.76. The summed E-state index contributed by atoms with van der Waals surface area (Å²) < 4.78 is 12.8. The Labute approximate surface area is 98.9 Å². The third-order valence-corrected chi connectivity index (χ3v) is 2.32. The molecule has 0 atom stereocenters. The summed E-state index contributed by atoms with van der Waals surface area (Å²) in [5.41, 5.74) is 0.506. The molecule has 0 bridgehead atoms. The number of fused-ring (bicyclic) bond motifs is 1. The predicted octanol–water partition coefficient (Wildman–Crippen LogP) is 1.51. The van der Waals surface area contributed by atoms with E-state index in [0.29, 0.717) is 16.7 Å². The molecule has 5 heteroatoms. The van der Waals surface area contributed by atoms with E-state index in [9.17, 15) is 4.79 Å². The number of nitrogens with zero attached hydrogens (tertiary/aromatic N) is 1. The molecular weight excluding hydrogens is 273 g/mol. The maximum atomic E-state index is 11.9. The van der Waals surface area contributed by atoms with E-state index in [4.69, 9.17) is 9.15 Å². The summed E-state index contributed by atoms with van der Waals surface area (Å²) in [5, 5.41) is 0.470. The average molecular weight is 280 g/mol. The number of hydrogen-bond donors (Lipinski definition) is 0. The topological polar surface area (TPSA) is 51.8 Å². The van der Waals surface area contributed by atoms with Crippen LogP contribution in [0.15, 0.2) is 38.7 Å². The molecule has 2 rings (SSSR count). The summed E-state index contributed by atoms with van der Waals surface area (Å²) in [7, 11) is 1.56. The monoisotopic (exact) mass is 281 g/mol. The van der Waals surface area contributed by atoms with Crippen LogP contribution < -0.4 is 10.2 Å². The number of rotatable bonds is 2. The molecule has 0 aliphatic carbocycles. The van der Waals surface area contributed by atoms with Crippen molar-refractivity contribution in [1.29, 1.82) is 0 Å². The van der Waals surface area contributed by atoms with Gasteiger partial charge >= 0.3 is 98.6 Å². The molecule has 0 saturated carbocycles. The Morgan fingerprint density at radius 3 is 3.00 bits per heavy atom. The molecule has 0 fully saturated rings. The van der Waals surface area contributed by atoms with Gasteiger partial charge in [0.05, 0.1) is 0 Å². The second-order valence-corrected chi connectivity index (χ2v) is 3.40. The van der Waals surface area contributed by atoms with Gasteiger partial charge in [-0.2, -0.15) is 0 Å². The molecule has 1 aromatic heterocycles. The first-order chi connectivity index (χ1) is 7.76. The van der Waals surface area contributed by atoms with Crippen LogP contribution in [0.2, 0.25) is 0 Å². The zero-order chi connectivity index (χ0) is 11.5. The molecule has 80 valence electrons. The minimum atomic E-state index is -0.188. The van der Waals surface area contributed by atoms with Gasteiger partial charge in [-0.1, -0.05) is 0 Å². The van der Waals surface area contributed by atoms with Crippen molar-refractivity contribution in [1.82, 2.24) is 0 Å². The fourth-order valence-corrected chi connectivity index (χ4v) is 1.56. The number of ether oxygens (including phenoxy) is 1. The van der Waals surface area contributed by atoms with Crippen molar-refractivity contribution in [2.75, 3.05) is 7.11 Å². The first-order valence-corrected chi connectivity index (χ1v) is 5.29. The molecule has 0 radical (unpaired) electrons. The predicted molar refractivity (Wildman–Crippen MR) is 61.9 cm³/mol. The van der Waals surface area contributed by atoms with Crippen LogP contribution in [0.25, 0.3) is 11.0 Å². The second-order valence-electron chi connectivity index (χ2n) is 3.02. The van der Waals surface area contributed by atoms with Crippen molar-refractivity contribution < 1.29 is 9.15 Å². The van der Waals surface area contributed by atoms with Crippen LogP contribution in [0.1, 0.15) is 0 Å². The summed E-state index contributed by atoms with van der Waals surface area (Å²) in [6.45, 7) is 0. The van der Waals surface area contributed by atoms with Crippen LogP contribution in [-0.4, -0.2) is 27.4 Å².